The zero-order valence-electron chi connectivity index (χ0n) is 22.7. The minimum absolute atomic E-state index is 0. The Hall–Kier alpha value is -3.26. The van der Waals surface area contributed by atoms with Crippen LogP contribution in [0.25, 0.3) is 23.3 Å². The maximum Gasteiger partial charge on any atom is -1.00 e. The van der Waals surface area contributed by atoms with Gasteiger partial charge in [-0.3, -0.25) is 0 Å². The Balaban J connectivity index is 0.00000169. The molecule has 200 valence electrons. The summed E-state index contributed by atoms with van der Waals surface area (Å²) in [5.41, 5.74) is 10.3. The minimum atomic E-state index is -1.30. The van der Waals surface area contributed by atoms with Gasteiger partial charge in [0.05, 0.1) is 0 Å². The van der Waals surface area contributed by atoms with Gasteiger partial charge < -0.3 is 9.41 Å². The van der Waals surface area contributed by atoms with Crippen molar-refractivity contribution in [2.24, 2.45) is 0 Å². The van der Waals surface area contributed by atoms with Crippen LogP contribution in [-0.4, -0.2) is 0 Å². The number of allylic oxidation sites excluding steroid dienone is 2. The van der Waals surface area contributed by atoms with Gasteiger partial charge in [-0.2, -0.15) is 0 Å². The molecule has 7 rings (SSSR count). The van der Waals surface area contributed by atoms with E-state index in [1.54, 1.807) is 22.0 Å². The van der Waals surface area contributed by atoms with E-state index in [1.807, 2.05) is 0 Å². The average molecular weight is 721 g/mol. The van der Waals surface area contributed by atoms with E-state index in [2.05, 4.69) is 153 Å². The largest absolute Gasteiger partial charge is 1.00 e. The van der Waals surface area contributed by atoms with Crippen molar-refractivity contribution in [1.29, 1.82) is 0 Å². The van der Waals surface area contributed by atoms with Gasteiger partial charge in [0.1, 0.15) is 0 Å². The average Bonchev–Trinajstić information content (AvgIpc) is 3.52. The number of hydrogen-bond acceptors (Lipinski definition) is 0. The van der Waals surface area contributed by atoms with Crippen LogP contribution in [0.2, 0.25) is 0 Å². The van der Waals surface area contributed by atoms with E-state index in [9.17, 15) is 0 Å². The Labute approximate surface area is 253 Å². The summed E-state index contributed by atoms with van der Waals surface area (Å²) < 4.78 is 1.18. The first-order valence-corrected chi connectivity index (χ1v) is 19.1. The van der Waals surface area contributed by atoms with Crippen molar-refractivity contribution in [2.75, 3.05) is 0 Å². The van der Waals surface area contributed by atoms with Gasteiger partial charge in [-0.05, 0) is 0 Å². The van der Waals surface area contributed by atoms with Gasteiger partial charge in [-0.25, -0.2) is 0 Å². The molecule has 0 bridgehead atoms. The van der Waals surface area contributed by atoms with Gasteiger partial charge >= 0.3 is 246 Å². The zero-order chi connectivity index (χ0) is 26.2. The molecular weight excluding hydrogens is 692 g/mol. The maximum absolute atomic E-state index is 2.56. The molecule has 4 heteroatoms. The van der Waals surface area contributed by atoms with Gasteiger partial charge in [-0.1, -0.05) is 0 Å². The molecule has 2 aliphatic rings. The quantitative estimate of drug-likeness (QED) is 0.187. The first-order valence-electron chi connectivity index (χ1n) is 13.6. The van der Waals surface area contributed by atoms with Crippen molar-refractivity contribution >= 4 is 30.7 Å². The van der Waals surface area contributed by atoms with E-state index < -0.39 is 30.8 Å². The van der Waals surface area contributed by atoms with Gasteiger partial charge in [0.15, 0.2) is 0 Å². The van der Waals surface area contributed by atoms with Crippen LogP contribution in [0.5, 0.6) is 0 Å². The molecule has 0 saturated heterocycles. The summed E-state index contributed by atoms with van der Waals surface area (Å²) in [6.07, 6.45) is 5.06. The summed E-state index contributed by atoms with van der Waals surface area (Å²) >= 11 is -1.30. The summed E-state index contributed by atoms with van der Waals surface area (Å²) in [5.74, 6) is 0. The molecule has 0 amide bonds. The van der Waals surface area contributed by atoms with Crippen LogP contribution in [0.3, 0.4) is 0 Å². The zero-order valence-corrected chi connectivity index (χ0v) is 27.2. The summed E-state index contributed by atoms with van der Waals surface area (Å²) in [6, 6.07) is 49.6. The molecule has 41 heavy (non-hydrogen) atoms. The van der Waals surface area contributed by atoms with E-state index in [4.69, 9.17) is 0 Å². The SMILES string of the molecule is CC1=Cc2c(-c3ccccc3)cccc2[CH]1[Hf+2][CH]1C(P(c2ccccc2)c2ccccc2)=Cc2ccccc21.[F-].[F-]. The van der Waals surface area contributed by atoms with Crippen molar-refractivity contribution in [1.82, 2.24) is 0 Å². The van der Waals surface area contributed by atoms with Crippen LogP contribution in [0.1, 0.15) is 36.5 Å². The summed E-state index contributed by atoms with van der Waals surface area (Å²) in [5, 5.41) is 4.57. The van der Waals surface area contributed by atoms with Crippen molar-refractivity contribution in [3.05, 3.63) is 167 Å². The third kappa shape index (κ3) is 5.51. The second-order valence-corrected chi connectivity index (χ2v) is 17.9. The minimum Gasteiger partial charge on any atom is -1.00 e. The number of benzene rings is 5. The molecule has 0 N–H and O–H groups in total. The van der Waals surface area contributed by atoms with Crippen molar-refractivity contribution in [3.8, 4) is 11.1 Å². The number of halogens is 2. The van der Waals surface area contributed by atoms with Gasteiger partial charge in [0.2, 0.25) is 0 Å². The van der Waals surface area contributed by atoms with Crippen molar-refractivity contribution < 1.29 is 32.3 Å². The molecule has 2 aliphatic carbocycles. The Morgan fingerprint density at radius 1 is 0.537 bits per heavy atom. The molecule has 0 nitrogen and oxygen atoms in total. The molecule has 0 aromatic heterocycles. The normalized spacial score (nSPS) is 16.4. The molecule has 0 fully saturated rings. The molecule has 0 spiro atoms. The van der Waals surface area contributed by atoms with Gasteiger partial charge in [0, 0.05) is 0 Å². The summed E-state index contributed by atoms with van der Waals surface area (Å²) in [6.45, 7) is 2.38. The third-order valence-corrected chi connectivity index (χ3v) is 18.7. The van der Waals surface area contributed by atoms with E-state index in [0.717, 1.165) is 0 Å². The molecular formula is C37H29F2HfP. The molecule has 2 atom stereocenters. The van der Waals surface area contributed by atoms with Crippen molar-refractivity contribution in [3.63, 3.8) is 0 Å². The third-order valence-electron chi connectivity index (χ3n) is 7.89. The number of fused-ring (bicyclic) bond motifs is 2. The Morgan fingerprint density at radius 2 is 1.10 bits per heavy atom. The van der Waals surface area contributed by atoms with E-state index in [-0.39, 0.29) is 9.41 Å². The molecule has 2 unspecified atom stereocenters. The molecule has 5 aromatic rings. The molecule has 0 radical (unpaired) electrons. The number of hydrogen-bond donors (Lipinski definition) is 0. The Kier molecular flexibility index (Phi) is 9.07. The van der Waals surface area contributed by atoms with Gasteiger partial charge in [0.25, 0.3) is 0 Å². The fraction of sp³-hybridized carbons (Fsp3) is 0.0811. The summed E-state index contributed by atoms with van der Waals surface area (Å²) in [4.78, 5) is 0. The molecule has 0 aliphatic heterocycles. The van der Waals surface area contributed by atoms with E-state index in [1.165, 1.54) is 32.9 Å². The van der Waals surface area contributed by atoms with Crippen LogP contribution in [-0.2, 0) is 22.9 Å². The van der Waals surface area contributed by atoms with Crippen LogP contribution < -0.4 is 20.0 Å². The molecule has 5 aromatic carbocycles. The van der Waals surface area contributed by atoms with Crippen LogP contribution in [0.15, 0.2) is 144 Å². The molecule has 0 saturated carbocycles. The summed E-state index contributed by atoms with van der Waals surface area (Å²) in [7, 11) is -0.592. The standard InChI is InChI=1S/C21H16P.C16H13.2FH.Hf/c1-3-11-19(12-4-1)22(20-13-5-2-6-14-20)21-15-17-9-7-8-10-18(17)16-21;1-12-10-14-8-5-9-15(16(14)11-12)13-6-3-2-4-7-13;;;/h1-16H;2-11H,1H3;2*1H;/q;;;;+2/p-2. The predicted molar refractivity (Wildman–Crippen MR) is 165 cm³/mol. The Morgan fingerprint density at radius 3 is 1.76 bits per heavy atom. The van der Waals surface area contributed by atoms with E-state index in [0.29, 0.717) is 7.35 Å². The van der Waals surface area contributed by atoms with E-state index >= 15 is 0 Å². The fourth-order valence-corrected chi connectivity index (χ4v) is 17.1. The monoisotopic (exact) mass is 722 g/mol. The topological polar surface area (TPSA) is 0 Å². The second kappa shape index (κ2) is 12.7. The van der Waals surface area contributed by atoms with Crippen LogP contribution in [0.4, 0.5) is 0 Å². The Bertz CT molecular complexity index is 1660. The molecule has 0 heterocycles. The first-order chi connectivity index (χ1) is 19.3. The smallest absolute Gasteiger partial charge is 1.00 e. The maximum atomic E-state index is 2.56. The van der Waals surface area contributed by atoms with Gasteiger partial charge in [-0.15, -0.1) is 0 Å². The first kappa shape index (κ1) is 29.2. The predicted octanol–water partition coefficient (Wildman–Crippen LogP) is 3.13. The van der Waals surface area contributed by atoms with Crippen LogP contribution >= 0.6 is 7.92 Å². The van der Waals surface area contributed by atoms with Crippen molar-refractivity contribution in [2.45, 2.75) is 14.3 Å². The number of rotatable bonds is 6. The fourth-order valence-electron chi connectivity index (χ4n) is 6.09. The second-order valence-electron chi connectivity index (χ2n) is 10.3. The van der Waals surface area contributed by atoms with Crippen LogP contribution in [0, 0.1) is 0 Å².